The van der Waals surface area contributed by atoms with Crippen molar-refractivity contribution in [1.82, 2.24) is 14.6 Å². The Kier molecular flexibility index (Phi) is 4.02. The predicted octanol–water partition coefficient (Wildman–Crippen LogP) is 4.96. The number of hydrogen-bond acceptors (Lipinski definition) is 3. The molecule has 0 amide bonds. The van der Waals surface area contributed by atoms with Crippen molar-refractivity contribution in [3.8, 4) is 22.5 Å². The molecule has 0 saturated heterocycles. The molecule has 0 spiro atoms. The molecule has 0 atom stereocenters. The topological polar surface area (TPSA) is 56.2 Å². The summed E-state index contributed by atoms with van der Waals surface area (Å²) in [7, 11) is 0. The van der Waals surface area contributed by atoms with Gasteiger partial charge in [-0.05, 0) is 43.4 Å². The van der Waals surface area contributed by atoms with Gasteiger partial charge in [-0.15, -0.1) is 0 Å². The first-order chi connectivity index (χ1) is 13.7. The first kappa shape index (κ1) is 17.1. The largest absolute Gasteiger partial charge is 0.321 e. The van der Waals surface area contributed by atoms with Crippen molar-refractivity contribution in [2.75, 3.05) is 0 Å². The Hall–Kier alpha value is -2.98. The van der Waals surface area contributed by atoms with Crippen molar-refractivity contribution in [1.29, 1.82) is 0 Å². The molecule has 4 aromatic rings. The lowest BCUT2D eigenvalue weighted by Crippen LogP contribution is -2.43. The number of hydrogen-bond donors (Lipinski definition) is 1. The summed E-state index contributed by atoms with van der Waals surface area (Å²) in [6.07, 6.45) is 4.25. The summed E-state index contributed by atoms with van der Waals surface area (Å²) < 4.78 is 1.98. The highest BCUT2D eigenvalue weighted by Gasteiger charge is 2.34. The van der Waals surface area contributed by atoms with E-state index in [-0.39, 0.29) is 5.54 Å². The highest BCUT2D eigenvalue weighted by molar-refractivity contribution is 5.81. The van der Waals surface area contributed by atoms with E-state index in [4.69, 9.17) is 15.8 Å². The summed E-state index contributed by atoms with van der Waals surface area (Å²) in [5.74, 6) is 0. The van der Waals surface area contributed by atoms with Gasteiger partial charge in [0.1, 0.15) is 5.69 Å². The summed E-state index contributed by atoms with van der Waals surface area (Å²) in [5.41, 5.74) is 13.7. The fraction of sp³-hybridized carbons (Fsp3) is 0.250. The van der Waals surface area contributed by atoms with Crippen LogP contribution in [0.4, 0.5) is 0 Å². The van der Waals surface area contributed by atoms with Crippen LogP contribution < -0.4 is 5.73 Å². The smallest absolute Gasteiger partial charge is 0.154 e. The van der Waals surface area contributed by atoms with Gasteiger partial charge in [0.15, 0.2) is 5.65 Å². The Bertz CT molecular complexity index is 1120. The molecular weight excluding hydrogens is 344 g/mol. The molecule has 0 unspecified atom stereocenters. The van der Waals surface area contributed by atoms with Crippen LogP contribution in [0.1, 0.15) is 37.4 Å². The van der Waals surface area contributed by atoms with Gasteiger partial charge in [-0.2, -0.15) is 5.10 Å². The molecule has 2 aromatic carbocycles. The molecule has 0 bridgehead atoms. The molecule has 1 aliphatic carbocycles. The molecule has 0 aliphatic heterocycles. The molecule has 28 heavy (non-hydrogen) atoms. The number of fused-ring (bicyclic) bond motifs is 1. The van der Waals surface area contributed by atoms with Crippen molar-refractivity contribution >= 4 is 5.65 Å². The zero-order valence-electron chi connectivity index (χ0n) is 16.1. The van der Waals surface area contributed by atoms with E-state index in [9.17, 15) is 0 Å². The number of imidazole rings is 1. The second kappa shape index (κ2) is 6.57. The van der Waals surface area contributed by atoms with Gasteiger partial charge >= 0.3 is 0 Å². The van der Waals surface area contributed by atoms with E-state index in [2.05, 4.69) is 67.6 Å². The van der Waals surface area contributed by atoms with E-state index in [1.807, 2.05) is 10.6 Å². The SMILES string of the molecule is CCc1ccc2nc(-c3ccc(C4(N)CCC4)cc3)c(-c3ccccc3)n2n1. The number of aryl methyl sites for hydroxylation is 1. The van der Waals surface area contributed by atoms with Gasteiger partial charge in [-0.25, -0.2) is 9.50 Å². The van der Waals surface area contributed by atoms with Gasteiger partial charge in [-0.3, -0.25) is 0 Å². The molecule has 1 aliphatic rings. The van der Waals surface area contributed by atoms with E-state index in [0.717, 1.165) is 53.1 Å². The molecule has 0 radical (unpaired) electrons. The van der Waals surface area contributed by atoms with Crippen LogP contribution in [0, 0.1) is 0 Å². The Labute approximate surface area is 165 Å². The third-order valence-corrected chi connectivity index (χ3v) is 5.92. The van der Waals surface area contributed by atoms with Crippen molar-refractivity contribution in [3.63, 3.8) is 0 Å². The number of nitrogens with zero attached hydrogens (tertiary/aromatic N) is 3. The second-order valence-corrected chi connectivity index (χ2v) is 7.71. The molecule has 1 fully saturated rings. The maximum atomic E-state index is 6.50. The predicted molar refractivity (Wildman–Crippen MR) is 113 cm³/mol. The van der Waals surface area contributed by atoms with Crippen molar-refractivity contribution < 1.29 is 0 Å². The van der Waals surface area contributed by atoms with Crippen LogP contribution in [0.3, 0.4) is 0 Å². The van der Waals surface area contributed by atoms with Crippen LogP contribution in [0.2, 0.25) is 0 Å². The maximum absolute atomic E-state index is 6.50. The van der Waals surface area contributed by atoms with Gasteiger partial charge in [0.2, 0.25) is 0 Å². The highest BCUT2D eigenvalue weighted by atomic mass is 15.3. The van der Waals surface area contributed by atoms with E-state index in [1.54, 1.807) is 0 Å². The maximum Gasteiger partial charge on any atom is 0.154 e. The molecule has 4 heteroatoms. The third kappa shape index (κ3) is 2.72. The van der Waals surface area contributed by atoms with Gasteiger partial charge in [0.05, 0.1) is 11.4 Å². The Balaban J connectivity index is 1.68. The van der Waals surface area contributed by atoms with Crippen LogP contribution in [0.15, 0.2) is 66.7 Å². The molecule has 2 aromatic heterocycles. The van der Waals surface area contributed by atoms with Crippen LogP contribution in [0.25, 0.3) is 28.2 Å². The fourth-order valence-electron chi connectivity index (χ4n) is 4.02. The normalized spacial score (nSPS) is 15.5. The lowest BCUT2D eigenvalue weighted by Gasteiger charge is -2.38. The minimum atomic E-state index is -0.142. The molecule has 140 valence electrons. The first-order valence-corrected chi connectivity index (χ1v) is 10.0. The average Bonchev–Trinajstić information content (AvgIpc) is 3.11. The fourth-order valence-corrected chi connectivity index (χ4v) is 4.02. The summed E-state index contributed by atoms with van der Waals surface area (Å²) in [6, 6.07) is 23.1. The molecule has 4 nitrogen and oxygen atoms in total. The van der Waals surface area contributed by atoms with E-state index >= 15 is 0 Å². The van der Waals surface area contributed by atoms with Crippen LogP contribution in [-0.2, 0) is 12.0 Å². The quantitative estimate of drug-likeness (QED) is 0.554. The lowest BCUT2D eigenvalue weighted by atomic mass is 9.72. The van der Waals surface area contributed by atoms with Crippen molar-refractivity contribution in [2.24, 2.45) is 5.73 Å². The summed E-state index contributed by atoms with van der Waals surface area (Å²) in [5, 5.41) is 4.83. The van der Waals surface area contributed by atoms with E-state index in [0.29, 0.717) is 0 Å². The second-order valence-electron chi connectivity index (χ2n) is 7.71. The van der Waals surface area contributed by atoms with Crippen LogP contribution in [-0.4, -0.2) is 14.6 Å². The van der Waals surface area contributed by atoms with Gasteiger partial charge < -0.3 is 5.73 Å². The van der Waals surface area contributed by atoms with Crippen LogP contribution in [0.5, 0.6) is 0 Å². The monoisotopic (exact) mass is 368 g/mol. The van der Waals surface area contributed by atoms with Crippen LogP contribution >= 0.6 is 0 Å². The number of rotatable bonds is 4. The average molecular weight is 368 g/mol. The Morgan fingerprint density at radius 2 is 1.68 bits per heavy atom. The Morgan fingerprint density at radius 1 is 0.929 bits per heavy atom. The summed E-state index contributed by atoms with van der Waals surface area (Å²) in [6.45, 7) is 2.12. The van der Waals surface area contributed by atoms with Crippen molar-refractivity contribution in [3.05, 3.63) is 78.0 Å². The molecule has 5 rings (SSSR count). The number of benzene rings is 2. The van der Waals surface area contributed by atoms with Gasteiger partial charge in [-0.1, -0.05) is 61.5 Å². The molecular formula is C24H24N4. The first-order valence-electron chi connectivity index (χ1n) is 10.0. The van der Waals surface area contributed by atoms with Gasteiger partial charge in [0.25, 0.3) is 0 Å². The van der Waals surface area contributed by atoms with Gasteiger partial charge in [0, 0.05) is 16.7 Å². The molecule has 2 heterocycles. The summed E-state index contributed by atoms with van der Waals surface area (Å²) >= 11 is 0. The van der Waals surface area contributed by atoms with E-state index < -0.39 is 0 Å². The zero-order chi connectivity index (χ0) is 19.1. The molecule has 1 saturated carbocycles. The lowest BCUT2D eigenvalue weighted by molar-refractivity contribution is 0.253. The Morgan fingerprint density at radius 3 is 2.32 bits per heavy atom. The number of aromatic nitrogens is 3. The van der Waals surface area contributed by atoms with Crippen molar-refractivity contribution in [2.45, 2.75) is 38.1 Å². The number of nitrogens with two attached hydrogens (primary N) is 1. The van der Waals surface area contributed by atoms with E-state index in [1.165, 1.54) is 12.0 Å². The molecule has 2 N–H and O–H groups in total. The third-order valence-electron chi connectivity index (χ3n) is 5.92. The zero-order valence-corrected chi connectivity index (χ0v) is 16.1. The highest BCUT2D eigenvalue weighted by Crippen LogP contribution is 2.40. The minimum absolute atomic E-state index is 0.142. The standard InChI is InChI=1S/C24H24N4/c1-2-20-13-14-21-26-22(23(28(21)27-20)18-7-4-3-5-8-18)17-9-11-19(12-10-17)24(25)15-6-16-24/h3-5,7-14H,2,6,15-16,25H2,1H3. The minimum Gasteiger partial charge on any atom is -0.321 e. The summed E-state index contributed by atoms with van der Waals surface area (Å²) in [4.78, 5) is 4.93.